The van der Waals surface area contributed by atoms with Crippen LogP contribution in [0.15, 0.2) is 11.6 Å². The maximum atomic E-state index is 12.2. The Hall–Kier alpha value is -0.790. The molecule has 0 aromatic rings. The minimum absolute atomic E-state index is 0.0397. The lowest BCUT2D eigenvalue weighted by Gasteiger charge is -2.69. The summed E-state index contributed by atoms with van der Waals surface area (Å²) in [7, 11) is 1.54. The van der Waals surface area contributed by atoms with Crippen molar-refractivity contribution in [2.75, 3.05) is 7.11 Å². The molecule has 0 bridgehead atoms. The molecule has 188 valence electrons. The molecule has 2 heteroatoms. The Morgan fingerprint density at radius 2 is 1.70 bits per heavy atom. The van der Waals surface area contributed by atoms with Crippen LogP contribution >= 0.6 is 0 Å². The summed E-state index contributed by atoms with van der Waals surface area (Å²) < 4.78 is 5.09. The molecule has 0 spiro atoms. The average molecular weight is 457 g/mol. The predicted octanol–water partition coefficient (Wildman–Crippen LogP) is 8.60. The minimum atomic E-state index is -0.0397. The molecule has 33 heavy (non-hydrogen) atoms. The largest absolute Gasteiger partial charge is 0.469 e. The van der Waals surface area contributed by atoms with Gasteiger partial charge in [0, 0.05) is 6.42 Å². The summed E-state index contributed by atoms with van der Waals surface area (Å²) in [5.74, 6) is 2.69. The van der Waals surface area contributed by atoms with Gasteiger partial charge in [0.1, 0.15) is 0 Å². The molecule has 0 aliphatic heterocycles. The number of allylic oxidation sites excluding steroid dienone is 2. The highest BCUT2D eigenvalue weighted by Crippen LogP contribution is 2.74. The van der Waals surface area contributed by atoms with E-state index in [4.69, 9.17) is 4.74 Å². The van der Waals surface area contributed by atoms with Crippen LogP contribution in [0.25, 0.3) is 0 Å². The molecule has 0 heterocycles. The predicted molar refractivity (Wildman–Crippen MR) is 138 cm³/mol. The fourth-order valence-electron chi connectivity index (χ4n) is 9.84. The number of fused-ring (bicyclic) bond motifs is 5. The zero-order valence-corrected chi connectivity index (χ0v) is 23.3. The molecule has 0 amide bonds. The van der Waals surface area contributed by atoms with E-state index in [9.17, 15) is 4.79 Å². The molecule has 2 nitrogen and oxygen atoms in total. The number of hydrogen-bond donors (Lipinski definition) is 0. The van der Waals surface area contributed by atoms with Crippen LogP contribution in [0.1, 0.15) is 120 Å². The molecule has 4 rings (SSSR count). The van der Waals surface area contributed by atoms with Crippen LogP contribution < -0.4 is 0 Å². The van der Waals surface area contributed by atoms with Gasteiger partial charge in [-0.15, -0.1) is 0 Å². The fourth-order valence-corrected chi connectivity index (χ4v) is 9.84. The molecule has 0 aromatic heterocycles. The topological polar surface area (TPSA) is 26.3 Å². The molecule has 3 fully saturated rings. The van der Waals surface area contributed by atoms with E-state index in [2.05, 4.69) is 61.5 Å². The molecule has 0 saturated heterocycles. The van der Waals surface area contributed by atoms with E-state index >= 15 is 0 Å². The van der Waals surface area contributed by atoms with E-state index in [0.29, 0.717) is 45.8 Å². The number of ether oxygens (including phenoxy) is 1. The number of methoxy groups -OCH3 is 1. The average Bonchev–Trinajstić information content (AvgIpc) is 2.73. The minimum Gasteiger partial charge on any atom is -0.469 e. The van der Waals surface area contributed by atoms with Crippen molar-refractivity contribution in [1.29, 1.82) is 0 Å². The zero-order chi connectivity index (χ0) is 24.4. The Morgan fingerprint density at radius 3 is 2.33 bits per heavy atom. The second-order valence-electron chi connectivity index (χ2n) is 14.7. The Balaban J connectivity index is 1.76. The van der Waals surface area contributed by atoms with E-state index in [0.717, 1.165) is 12.3 Å². The van der Waals surface area contributed by atoms with Gasteiger partial charge in [-0.2, -0.15) is 0 Å². The highest BCUT2D eigenvalue weighted by molar-refractivity contribution is 5.69. The first-order valence-electron chi connectivity index (χ1n) is 14.0. The second-order valence-corrected chi connectivity index (χ2v) is 14.7. The highest BCUT2D eigenvalue weighted by atomic mass is 16.5. The highest BCUT2D eigenvalue weighted by Gasteiger charge is 2.65. The summed E-state index contributed by atoms with van der Waals surface area (Å²) in [6.07, 6.45) is 15.0. The zero-order valence-electron chi connectivity index (χ0n) is 23.3. The van der Waals surface area contributed by atoms with Gasteiger partial charge < -0.3 is 4.74 Å². The number of hydrogen-bond acceptors (Lipinski definition) is 2. The van der Waals surface area contributed by atoms with Gasteiger partial charge in [-0.25, -0.2) is 0 Å². The van der Waals surface area contributed by atoms with Crippen molar-refractivity contribution in [1.82, 2.24) is 0 Å². The van der Waals surface area contributed by atoms with Gasteiger partial charge >= 0.3 is 5.97 Å². The van der Waals surface area contributed by atoms with Crippen molar-refractivity contribution < 1.29 is 9.53 Å². The summed E-state index contributed by atoms with van der Waals surface area (Å²) >= 11 is 0. The van der Waals surface area contributed by atoms with Gasteiger partial charge in [0.25, 0.3) is 0 Å². The Bertz CT molecular complexity index is 808. The van der Waals surface area contributed by atoms with Gasteiger partial charge in [-0.3, -0.25) is 4.79 Å². The lowest BCUT2D eigenvalue weighted by molar-refractivity contribution is -0.159. The summed E-state index contributed by atoms with van der Waals surface area (Å²) in [6, 6.07) is 0. The van der Waals surface area contributed by atoms with Crippen LogP contribution in [0.5, 0.6) is 0 Å². The standard InChI is InChI=1S/C31H52O2/c1-21(2)22-12-15-31(8)25(29(22,6)14-13-26(32)33-9)11-10-23-24-20-27(3,4)16-17-28(24,5)18-19-30(23,31)7/h10,21-22,24-25H,11-20H2,1-9H3/t22-,24-,25+,28+,29-,30+,31+/m0/s1. The summed E-state index contributed by atoms with van der Waals surface area (Å²) in [6.45, 7) is 20.3. The van der Waals surface area contributed by atoms with Crippen molar-refractivity contribution in [2.24, 2.45) is 50.7 Å². The number of rotatable bonds is 4. The number of carbonyl (C=O) groups excluding carboxylic acids is 1. The molecule has 4 aliphatic carbocycles. The SMILES string of the molecule is COC(=O)CC[C@]1(C)[C@H]2CC=C3[C@@H]4CC(C)(C)CC[C@]4(C)CC[C@@]3(C)[C@]2(C)CC[C@H]1C(C)C. The van der Waals surface area contributed by atoms with Crippen LogP contribution in [0.4, 0.5) is 0 Å². The molecule has 3 saturated carbocycles. The van der Waals surface area contributed by atoms with Gasteiger partial charge in [0.2, 0.25) is 0 Å². The molecule has 7 atom stereocenters. The van der Waals surface area contributed by atoms with E-state index in [1.54, 1.807) is 0 Å². The quantitative estimate of drug-likeness (QED) is 0.313. The maximum absolute atomic E-state index is 12.2. The van der Waals surface area contributed by atoms with Crippen molar-refractivity contribution in [3.63, 3.8) is 0 Å². The first kappa shape index (κ1) is 25.3. The van der Waals surface area contributed by atoms with Crippen LogP contribution in [-0.4, -0.2) is 13.1 Å². The first-order valence-corrected chi connectivity index (χ1v) is 14.0. The summed E-state index contributed by atoms with van der Waals surface area (Å²) in [4.78, 5) is 12.2. The normalized spacial score (nSPS) is 46.6. The number of esters is 1. The third-order valence-corrected chi connectivity index (χ3v) is 12.3. The van der Waals surface area contributed by atoms with E-state index in [1.165, 1.54) is 58.5 Å². The van der Waals surface area contributed by atoms with E-state index in [-0.39, 0.29) is 11.4 Å². The van der Waals surface area contributed by atoms with Crippen LogP contribution in [0, 0.1) is 50.7 Å². The van der Waals surface area contributed by atoms with Crippen LogP contribution in [0.2, 0.25) is 0 Å². The molecule has 4 aliphatic rings. The van der Waals surface area contributed by atoms with E-state index in [1.807, 2.05) is 5.57 Å². The van der Waals surface area contributed by atoms with Gasteiger partial charge in [-0.05, 0) is 109 Å². The third kappa shape index (κ3) is 3.76. The molecular formula is C31H52O2. The summed E-state index contributed by atoms with van der Waals surface area (Å²) in [5, 5.41) is 0. The Morgan fingerprint density at radius 1 is 1.03 bits per heavy atom. The van der Waals surface area contributed by atoms with Crippen LogP contribution in [-0.2, 0) is 9.53 Å². The summed E-state index contributed by atoms with van der Waals surface area (Å²) in [5.41, 5.74) is 3.59. The molecular weight excluding hydrogens is 404 g/mol. The van der Waals surface area contributed by atoms with Gasteiger partial charge in [0.05, 0.1) is 7.11 Å². The monoisotopic (exact) mass is 456 g/mol. The smallest absolute Gasteiger partial charge is 0.305 e. The fraction of sp³-hybridized carbons (Fsp3) is 0.903. The lowest BCUT2D eigenvalue weighted by atomic mass is 9.35. The lowest BCUT2D eigenvalue weighted by Crippen LogP contribution is -2.61. The van der Waals surface area contributed by atoms with Gasteiger partial charge in [0.15, 0.2) is 0 Å². The maximum Gasteiger partial charge on any atom is 0.305 e. The molecule has 0 N–H and O–H groups in total. The van der Waals surface area contributed by atoms with Crippen LogP contribution in [0.3, 0.4) is 0 Å². The molecule has 0 unspecified atom stereocenters. The first-order chi connectivity index (χ1) is 15.2. The number of carbonyl (C=O) groups is 1. The Labute approximate surface area is 204 Å². The van der Waals surface area contributed by atoms with Crippen molar-refractivity contribution >= 4 is 5.97 Å². The Kier molecular flexibility index (Phi) is 6.23. The molecule has 0 radical (unpaired) electrons. The van der Waals surface area contributed by atoms with Crippen molar-refractivity contribution in [3.8, 4) is 0 Å². The van der Waals surface area contributed by atoms with Gasteiger partial charge in [-0.1, -0.05) is 67.0 Å². The second kappa shape index (κ2) is 8.12. The molecule has 0 aromatic carbocycles. The van der Waals surface area contributed by atoms with Crippen molar-refractivity contribution in [3.05, 3.63) is 11.6 Å². The van der Waals surface area contributed by atoms with Crippen molar-refractivity contribution in [2.45, 2.75) is 120 Å². The van der Waals surface area contributed by atoms with E-state index < -0.39 is 0 Å². The third-order valence-electron chi connectivity index (χ3n) is 12.3.